The largest absolute Gasteiger partial charge is 0.463 e. The third-order valence-corrected chi connectivity index (χ3v) is 9.58. The Morgan fingerprint density at radius 1 is 1.07 bits per heavy atom. The maximum atomic E-state index is 13.4. The van der Waals surface area contributed by atoms with Gasteiger partial charge >= 0.3 is 11.9 Å². The molecule has 9 atom stereocenters. The molecule has 5 aliphatic rings. The molecule has 0 N–H and O–H groups in total. The van der Waals surface area contributed by atoms with Crippen LogP contribution in [0.4, 0.5) is 0 Å². The van der Waals surface area contributed by atoms with Gasteiger partial charge in [0.05, 0.1) is 0 Å². The number of ketones is 1. The van der Waals surface area contributed by atoms with E-state index in [1.165, 1.54) is 13.8 Å². The van der Waals surface area contributed by atoms with Gasteiger partial charge in [-0.05, 0) is 68.6 Å². The molecule has 4 aliphatic carbocycles. The SMILES string of the molecule is CC(=O)OC(C)[C@H]1CC[C@H]2[C@@H]3CC(=O)[C@]45C[C@@H](OC(C)=O)CC[C@]4(O5)[C@H]3CC[C@]12C. The Morgan fingerprint density at radius 2 is 1.83 bits per heavy atom. The summed E-state index contributed by atoms with van der Waals surface area (Å²) < 4.78 is 17.5. The number of hydrogen-bond acceptors (Lipinski definition) is 6. The van der Waals surface area contributed by atoms with Crippen LogP contribution in [0.1, 0.15) is 79.1 Å². The Labute approximate surface area is 178 Å². The smallest absolute Gasteiger partial charge is 0.302 e. The number of carbonyl (C=O) groups excluding carboxylic acids is 3. The van der Waals surface area contributed by atoms with Crippen LogP contribution in [-0.2, 0) is 28.6 Å². The molecule has 0 bridgehead atoms. The van der Waals surface area contributed by atoms with Crippen LogP contribution in [0.2, 0.25) is 0 Å². The number of esters is 2. The van der Waals surface area contributed by atoms with Gasteiger partial charge in [0.15, 0.2) is 11.4 Å². The van der Waals surface area contributed by atoms with Gasteiger partial charge in [-0.2, -0.15) is 0 Å². The fourth-order valence-electron chi connectivity index (χ4n) is 8.54. The van der Waals surface area contributed by atoms with Crippen LogP contribution in [0, 0.1) is 29.1 Å². The van der Waals surface area contributed by atoms with E-state index in [-0.39, 0.29) is 40.9 Å². The number of epoxide rings is 1. The number of rotatable bonds is 3. The lowest BCUT2D eigenvalue weighted by atomic mass is 9.49. The summed E-state index contributed by atoms with van der Waals surface area (Å²) in [7, 11) is 0. The van der Waals surface area contributed by atoms with Gasteiger partial charge in [0.2, 0.25) is 0 Å². The standard InChI is InChI=1S/C24H34O6/c1-13(28-14(2)25)18-5-6-19-17-11-21(27)24-12-16(29-15(3)26)7-10-23(24,30-24)20(17)8-9-22(18,19)4/h13,16-20H,5-12H2,1-4H3/t13?,16-,17-,18+,19-,20-,22+,23-,24+/m0/s1. The second kappa shape index (κ2) is 6.54. The van der Waals surface area contributed by atoms with Gasteiger partial charge in [0, 0.05) is 32.6 Å². The van der Waals surface area contributed by atoms with Gasteiger partial charge in [-0.3, -0.25) is 14.4 Å². The Morgan fingerprint density at radius 3 is 2.53 bits per heavy atom. The summed E-state index contributed by atoms with van der Waals surface area (Å²) in [5, 5.41) is 0. The second-order valence-corrected chi connectivity index (χ2v) is 10.8. The molecule has 6 heteroatoms. The van der Waals surface area contributed by atoms with Crippen molar-refractivity contribution in [2.45, 2.75) is 102 Å². The first kappa shape index (κ1) is 20.5. The Bertz CT molecular complexity index is 793. The fourth-order valence-corrected chi connectivity index (χ4v) is 8.54. The third-order valence-electron chi connectivity index (χ3n) is 9.58. The molecule has 30 heavy (non-hydrogen) atoms. The van der Waals surface area contributed by atoms with Crippen molar-refractivity contribution < 1.29 is 28.6 Å². The van der Waals surface area contributed by atoms with Crippen molar-refractivity contribution in [2.75, 3.05) is 0 Å². The van der Waals surface area contributed by atoms with Crippen LogP contribution in [0.5, 0.6) is 0 Å². The maximum Gasteiger partial charge on any atom is 0.302 e. The number of Topliss-reactive ketones (excluding diaryl/α,β-unsaturated/α-hetero) is 1. The van der Waals surface area contributed by atoms with Crippen molar-refractivity contribution in [3.8, 4) is 0 Å². The lowest BCUT2D eigenvalue weighted by molar-refractivity contribution is -0.154. The zero-order chi connectivity index (χ0) is 21.5. The average Bonchev–Trinajstić information content (AvgIpc) is 3.22. The molecule has 5 rings (SSSR count). The maximum absolute atomic E-state index is 13.4. The summed E-state index contributed by atoms with van der Waals surface area (Å²) in [4.78, 5) is 36.4. The van der Waals surface area contributed by atoms with Crippen LogP contribution in [0.25, 0.3) is 0 Å². The predicted octanol–water partition coefficient (Wildman–Crippen LogP) is 3.59. The van der Waals surface area contributed by atoms with Crippen LogP contribution in [0.3, 0.4) is 0 Å². The van der Waals surface area contributed by atoms with Crippen molar-refractivity contribution >= 4 is 17.7 Å². The molecule has 1 heterocycles. The minimum atomic E-state index is -0.705. The molecular formula is C24H34O6. The van der Waals surface area contributed by atoms with Crippen LogP contribution in [0.15, 0.2) is 0 Å². The normalized spacial score (nSPS) is 49.7. The highest BCUT2D eigenvalue weighted by Gasteiger charge is 2.82. The summed E-state index contributed by atoms with van der Waals surface area (Å²) in [5.74, 6) is 1.33. The molecule has 0 aromatic rings. The molecule has 1 aliphatic heterocycles. The van der Waals surface area contributed by atoms with Gasteiger partial charge in [-0.15, -0.1) is 0 Å². The molecule has 0 spiro atoms. The lowest BCUT2D eigenvalue weighted by Crippen LogP contribution is -2.57. The predicted molar refractivity (Wildman–Crippen MR) is 107 cm³/mol. The van der Waals surface area contributed by atoms with Crippen molar-refractivity contribution in [2.24, 2.45) is 29.1 Å². The molecule has 1 saturated heterocycles. The Hall–Kier alpha value is -1.43. The first-order valence-corrected chi connectivity index (χ1v) is 11.7. The molecule has 0 aromatic heterocycles. The van der Waals surface area contributed by atoms with Crippen molar-refractivity contribution in [1.82, 2.24) is 0 Å². The van der Waals surface area contributed by atoms with Gasteiger partial charge < -0.3 is 14.2 Å². The Kier molecular flexibility index (Phi) is 4.46. The van der Waals surface area contributed by atoms with Crippen LogP contribution >= 0.6 is 0 Å². The van der Waals surface area contributed by atoms with E-state index in [1.54, 1.807) is 0 Å². The van der Waals surface area contributed by atoms with E-state index in [1.807, 2.05) is 6.92 Å². The molecule has 1 unspecified atom stereocenters. The van der Waals surface area contributed by atoms with Gasteiger partial charge in [-0.1, -0.05) is 6.92 Å². The molecule has 0 aromatic carbocycles. The topological polar surface area (TPSA) is 82.2 Å². The van der Waals surface area contributed by atoms with Gasteiger partial charge in [-0.25, -0.2) is 0 Å². The highest BCUT2D eigenvalue weighted by Crippen LogP contribution is 2.73. The van der Waals surface area contributed by atoms with Crippen molar-refractivity contribution in [3.05, 3.63) is 0 Å². The quantitative estimate of drug-likeness (QED) is 0.515. The fraction of sp³-hybridized carbons (Fsp3) is 0.875. The van der Waals surface area contributed by atoms with E-state index in [9.17, 15) is 14.4 Å². The molecule has 0 radical (unpaired) electrons. The molecule has 166 valence electrons. The summed E-state index contributed by atoms with van der Waals surface area (Å²) in [5.41, 5.74) is -0.926. The average molecular weight is 419 g/mol. The molecular weight excluding hydrogens is 384 g/mol. The number of carbonyl (C=O) groups is 3. The first-order valence-electron chi connectivity index (χ1n) is 11.7. The number of ether oxygens (including phenoxy) is 3. The molecule has 0 amide bonds. The van der Waals surface area contributed by atoms with Crippen LogP contribution < -0.4 is 0 Å². The monoisotopic (exact) mass is 418 g/mol. The minimum absolute atomic E-state index is 0.0815. The highest BCUT2D eigenvalue weighted by atomic mass is 16.6. The molecule has 4 saturated carbocycles. The van der Waals surface area contributed by atoms with E-state index >= 15 is 0 Å². The summed E-state index contributed by atoms with van der Waals surface area (Å²) in [6.07, 6.45) is 6.74. The van der Waals surface area contributed by atoms with E-state index in [4.69, 9.17) is 14.2 Å². The van der Waals surface area contributed by atoms with E-state index in [0.29, 0.717) is 36.5 Å². The van der Waals surface area contributed by atoms with Crippen molar-refractivity contribution in [1.29, 1.82) is 0 Å². The summed E-state index contributed by atoms with van der Waals surface area (Å²) in [6, 6.07) is 0. The lowest BCUT2D eigenvalue weighted by Gasteiger charge is -2.53. The second-order valence-electron chi connectivity index (χ2n) is 10.8. The zero-order valence-corrected chi connectivity index (χ0v) is 18.6. The molecule has 5 fully saturated rings. The molecule has 6 nitrogen and oxygen atoms in total. The van der Waals surface area contributed by atoms with Crippen molar-refractivity contribution in [3.63, 3.8) is 0 Å². The van der Waals surface area contributed by atoms with E-state index < -0.39 is 5.60 Å². The minimum Gasteiger partial charge on any atom is -0.463 e. The van der Waals surface area contributed by atoms with Gasteiger partial charge in [0.25, 0.3) is 0 Å². The van der Waals surface area contributed by atoms with Crippen LogP contribution in [-0.4, -0.2) is 41.1 Å². The number of hydrogen-bond donors (Lipinski definition) is 0. The Balaban J connectivity index is 1.38. The first-order chi connectivity index (χ1) is 14.1. The summed E-state index contributed by atoms with van der Waals surface area (Å²) in [6.45, 7) is 7.31. The number of fused-ring (bicyclic) bond motifs is 3. The zero-order valence-electron chi connectivity index (χ0n) is 18.6. The third kappa shape index (κ3) is 2.61. The summed E-state index contributed by atoms with van der Waals surface area (Å²) >= 11 is 0. The van der Waals surface area contributed by atoms with E-state index in [2.05, 4.69) is 6.92 Å². The van der Waals surface area contributed by atoms with Gasteiger partial charge in [0.1, 0.15) is 17.8 Å². The van der Waals surface area contributed by atoms with E-state index in [0.717, 1.165) is 38.5 Å². The highest BCUT2D eigenvalue weighted by molar-refractivity contribution is 5.94.